The molecule has 0 fully saturated rings. The van der Waals surface area contributed by atoms with Crippen molar-refractivity contribution in [2.75, 3.05) is 6.54 Å². The van der Waals surface area contributed by atoms with E-state index in [-0.39, 0.29) is 12.3 Å². The van der Waals surface area contributed by atoms with Gasteiger partial charge in [-0.05, 0) is 27.4 Å². The molecule has 1 unspecified atom stereocenters. The Morgan fingerprint density at radius 3 is 2.85 bits per heavy atom. The van der Waals surface area contributed by atoms with Crippen LogP contribution in [0.3, 0.4) is 0 Å². The first-order valence-electron chi connectivity index (χ1n) is 3.80. The van der Waals surface area contributed by atoms with Crippen LogP contribution < -0.4 is 5.73 Å². The largest absolute Gasteiger partial charge is 0.481 e. The van der Waals surface area contributed by atoms with Crippen molar-refractivity contribution in [3.63, 3.8) is 0 Å². The van der Waals surface area contributed by atoms with E-state index in [0.717, 1.165) is 9.35 Å². The summed E-state index contributed by atoms with van der Waals surface area (Å²) in [7, 11) is 0. The van der Waals surface area contributed by atoms with Crippen molar-refractivity contribution < 1.29 is 9.90 Å². The quantitative estimate of drug-likeness (QED) is 0.874. The average Bonchev–Trinajstić information content (AvgIpc) is 2.47. The first-order chi connectivity index (χ1) is 6.15. The van der Waals surface area contributed by atoms with Crippen LogP contribution in [-0.2, 0) is 4.79 Å². The first kappa shape index (κ1) is 10.7. The van der Waals surface area contributed by atoms with Crippen molar-refractivity contribution in [3.05, 3.63) is 20.8 Å². The van der Waals surface area contributed by atoms with Gasteiger partial charge in [-0.25, -0.2) is 0 Å². The van der Waals surface area contributed by atoms with Gasteiger partial charge < -0.3 is 10.8 Å². The summed E-state index contributed by atoms with van der Waals surface area (Å²) in [4.78, 5) is 11.5. The van der Waals surface area contributed by atoms with Crippen molar-refractivity contribution in [2.24, 2.45) is 5.73 Å². The Labute approximate surface area is 88.7 Å². The van der Waals surface area contributed by atoms with Gasteiger partial charge in [-0.1, -0.05) is 0 Å². The lowest BCUT2D eigenvalue weighted by atomic mass is 10.0. The van der Waals surface area contributed by atoms with E-state index in [1.165, 1.54) is 11.3 Å². The van der Waals surface area contributed by atoms with Gasteiger partial charge in [-0.15, -0.1) is 11.3 Å². The molecule has 1 atom stereocenters. The minimum Gasteiger partial charge on any atom is -0.481 e. The van der Waals surface area contributed by atoms with Crippen LogP contribution in [0.25, 0.3) is 0 Å². The summed E-state index contributed by atoms with van der Waals surface area (Å²) in [5.41, 5.74) is 5.50. The van der Waals surface area contributed by atoms with Gasteiger partial charge in [0.05, 0.1) is 6.42 Å². The Hall–Kier alpha value is -0.390. The third-order valence-corrected chi connectivity index (χ3v) is 3.75. The number of carboxylic acid groups (broad SMARTS) is 1. The molecule has 0 bridgehead atoms. The molecule has 0 aromatic carbocycles. The highest BCUT2D eigenvalue weighted by atomic mass is 79.9. The third-order valence-electron chi connectivity index (χ3n) is 1.72. The summed E-state index contributed by atoms with van der Waals surface area (Å²) in [5, 5.41) is 10.6. The van der Waals surface area contributed by atoms with Crippen molar-refractivity contribution in [1.29, 1.82) is 0 Å². The lowest BCUT2D eigenvalue weighted by Gasteiger charge is -2.10. The lowest BCUT2D eigenvalue weighted by Crippen LogP contribution is -2.15. The molecule has 0 spiro atoms. The Morgan fingerprint density at radius 1 is 1.77 bits per heavy atom. The number of rotatable bonds is 4. The molecule has 0 radical (unpaired) electrons. The Bertz CT molecular complexity index is 300. The molecule has 0 aliphatic heterocycles. The molecule has 13 heavy (non-hydrogen) atoms. The van der Waals surface area contributed by atoms with E-state index < -0.39 is 5.97 Å². The third kappa shape index (κ3) is 2.79. The van der Waals surface area contributed by atoms with E-state index in [4.69, 9.17) is 10.8 Å². The van der Waals surface area contributed by atoms with E-state index in [2.05, 4.69) is 15.9 Å². The number of thiophene rings is 1. The van der Waals surface area contributed by atoms with Crippen molar-refractivity contribution in [3.8, 4) is 0 Å². The molecule has 0 saturated heterocycles. The van der Waals surface area contributed by atoms with Crippen molar-refractivity contribution in [1.82, 2.24) is 0 Å². The molecule has 0 amide bonds. The summed E-state index contributed by atoms with van der Waals surface area (Å²) >= 11 is 4.89. The van der Waals surface area contributed by atoms with Gasteiger partial charge in [0, 0.05) is 21.8 Å². The minimum atomic E-state index is -0.809. The molecular weight excluding hydrogens is 254 g/mol. The maximum absolute atomic E-state index is 10.5. The SMILES string of the molecule is NCC(CC(=O)O)c1sccc1Br. The fourth-order valence-corrected chi connectivity index (χ4v) is 2.91. The van der Waals surface area contributed by atoms with Gasteiger partial charge in [0.1, 0.15) is 0 Å². The molecule has 3 nitrogen and oxygen atoms in total. The van der Waals surface area contributed by atoms with Crippen LogP contribution in [0.5, 0.6) is 0 Å². The molecule has 3 N–H and O–H groups in total. The van der Waals surface area contributed by atoms with Crippen LogP contribution in [0.2, 0.25) is 0 Å². The van der Waals surface area contributed by atoms with Gasteiger partial charge in [0.15, 0.2) is 0 Å². The second-order valence-corrected chi connectivity index (χ2v) is 4.47. The summed E-state index contributed by atoms with van der Waals surface area (Å²) in [6.45, 7) is 0.366. The molecule has 72 valence electrons. The fourth-order valence-electron chi connectivity index (χ4n) is 1.09. The number of nitrogens with two attached hydrogens (primary N) is 1. The molecule has 0 saturated carbocycles. The van der Waals surface area contributed by atoms with Crippen molar-refractivity contribution in [2.45, 2.75) is 12.3 Å². The van der Waals surface area contributed by atoms with Crippen LogP contribution in [-0.4, -0.2) is 17.6 Å². The highest BCUT2D eigenvalue weighted by Gasteiger charge is 2.17. The summed E-state index contributed by atoms with van der Waals surface area (Å²) in [5.74, 6) is -0.886. The van der Waals surface area contributed by atoms with E-state index in [0.29, 0.717) is 6.54 Å². The number of carboxylic acids is 1. The second-order valence-electron chi connectivity index (χ2n) is 2.66. The van der Waals surface area contributed by atoms with Crippen LogP contribution >= 0.6 is 27.3 Å². The van der Waals surface area contributed by atoms with Crippen molar-refractivity contribution >= 4 is 33.2 Å². The van der Waals surface area contributed by atoms with Crippen LogP contribution in [0.15, 0.2) is 15.9 Å². The molecule has 1 aromatic heterocycles. The Kier molecular flexibility index (Phi) is 3.90. The van der Waals surface area contributed by atoms with Gasteiger partial charge in [0.2, 0.25) is 0 Å². The number of aliphatic carboxylic acids is 1. The topological polar surface area (TPSA) is 63.3 Å². The molecule has 5 heteroatoms. The minimum absolute atomic E-state index is 0.0770. The fraction of sp³-hybridized carbons (Fsp3) is 0.375. The molecule has 0 aliphatic rings. The zero-order chi connectivity index (χ0) is 9.84. The number of hydrogen-bond acceptors (Lipinski definition) is 3. The Balaban J connectivity index is 2.78. The van der Waals surface area contributed by atoms with Crippen LogP contribution in [0.4, 0.5) is 0 Å². The van der Waals surface area contributed by atoms with Crippen LogP contribution in [0, 0.1) is 0 Å². The molecule has 0 aliphatic carbocycles. The average molecular weight is 264 g/mol. The van der Waals surface area contributed by atoms with Gasteiger partial charge >= 0.3 is 5.97 Å². The van der Waals surface area contributed by atoms with Gasteiger partial charge in [-0.2, -0.15) is 0 Å². The maximum Gasteiger partial charge on any atom is 0.304 e. The second kappa shape index (κ2) is 4.74. The highest BCUT2D eigenvalue weighted by Crippen LogP contribution is 2.31. The summed E-state index contributed by atoms with van der Waals surface area (Å²) < 4.78 is 0.953. The highest BCUT2D eigenvalue weighted by molar-refractivity contribution is 9.10. The van der Waals surface area contributed by atoms with E-state index in [1.807, 2.05) is 11.4 Å². The first-order valence-corrected chi connectivity index (χ1v) is 5.47. The normalized spacial score (nSPS) is 12.8. The molecule has 1 rings (SSSR count). The van der Waals surface area contributed by atoms with E-state index >= 15 is 0 Å². The zero-order valence-corrected chi connectivity index (χ0v) is 9.27. The molecular formula is C8H10BrNO2S. The number of hydrogen-bond donors (Lipinski definition) is 2. The maximum atomic E-state index is 10.5. The smallest absolute Gasteiger partial charge is 0.304 e. The number of halogens is 1. The van der Waals surface area contributed by atoms with E-state index in [9.17, 15) is 4.79 Å². The van der Waals surface area contributed by atoms with Gasteiger partial charge in [0.25, 0.3) is 0 Å². The number of carbonyl (C=O) groups is 1. The Morgan fingerprint density at radius 2 is 2.46 bits per heavy atom. The van der Waals surface area contributed by atoms with Gasteiger partial charge in [-0.3, -0.25) is 4.79 Å². The predicted octanol–water partition coefficient (Wildman–Crippen LogP) is 2.03. The zero-order valence-electron chi connectivity index (χ0n) is 6.87. The molecule has 1 heterocycles. The van der Waals surface area contributed by atoms with Crippen LogP contribution in [0.1, 0.15) is 17.2 Å². The van der Waals surface area contributed by atoms with E-state index in [1.54, 1.807) is 0 Å². The standard InChI is InChI=1S/C8H10BrNO2S/c9-6-1-2-13-8(6)5(4-10)3-7(11)12/h1-2,5H,3-4,10H2,(H,11,12). The summed E-state index contributed by atoms with van der Waals surface area (Å²) in [6, 6.07) is 1.91. The lowest BCUT2D eigenvalue weighted by molar-refractivity contribution is -0.137. The molecule has 1 aromatic rings. The predicted molar refractivity (Wildman–Crippen MR) is 56.1 cm³/mol. The summed E-state index contributed by atoms with van der Waals surface area (Å²) in [6.07, 6.45) is 0.0929. The monoisotopic (exact) mass is 263 g/mol.